The first-order valence-electron chi connectivity index (χ1n) is 9.78. The van der Waals surface area contributed by atoms with Gasteiger partial charge in [-0.15, -0.1) is 0 Å². The molecule has 3 saturated carbocycles. The highest BCUT2D eigenvalue weighted by Gasteiger charge is 2.40. The van der Waals surface area contributed by atoms with Crippen LogP contribution in [0.3, 0.4) is 0 Å². The smallest absolute Gasteiger partial charge is 0.253 e. The summed E-state index contributed by atoms with van der Waals surface area (Å²) in [6.07, 6.45) is 10.2. The second-order valence-corrected chi connectivity index (χ2v) is 8.52. The summed E-state index contributed by atoms with van der Waals surface area (Å²) in [5.41, 5.74) is 1.90. The number of aliphatic hydroxyl groups is 1. The predicted molar refractivity (Wildman–Crippen MR) is 105 cm³/mol. The maximum Gasteiger partial charge on any atom is 0.253 e. The van der Waals surface area contributed by atoms with Crippen LogP contribution in [0.2, 0.25) is 5.02 Å². The van der Waals surface area contributed by atoms with Crippen molar-refractivity contribution in [2.75, 3.05) is 13.2 Å². The number of hydrogen-bond donors (Lipinski definition) is 2. The van der Waals surface area contributed by atoms with Crippen molar-refractivity contribution in [2.24, 2.45) is 11.3 Å². The molecule has 1 aromatic carbocycles. The molecule has 1 heterocycles. The first-order valence-corrected chi connectivity index (χ1v) is 10.2. The van der Waals surface area contributed by atoms with E-state index in [4.69, 9.17) is 16.7 Å². The second kappa shape index (κ2) is 7.24. The number of carbonyl (C=O) groups excluding carboxylic acids is 1. The SMILES string of the molecule is O=C(NCC12CCC(CC1)CC2)c1cn(CCCO)c2cccc(Cl)c12. The van der Waals surface area contributed by atoms with Gasteiger partial charge in [0.25, 0.3) is 5.91 Å². The number of rotatable bonds is 6. The molecule has 5 heteroatoms. The lowest BCUT2D eigenvalue weighted by Crippen LogP contribution is -2.43. The highest BCUT2D eigenvalue weighted by molar-refractivity contribution is 6.36. The standard InChI is InChI=1S/C21H27ClN2O2/c22-17-3-1-4-18-19(17)16(13-24(18)11-2-12-25)20(26)23-14-21-8-5-15(6-9-21)7-10-21/h1,3-4,13,15,25H,2,5-12,14H2,(H,23,26). The third-order valence-electron chi connectivity index (χ3n) is 6.53. The van der Waals surface area contributed by atoms with Crippen molar-refractivity contribution in [1.29, 1.82) is 0 Å². The van der Waals surface area contributed by atoms with Crippen LogP contribution in [-0.2, 0) is 6.54 Å². The van der Waals surface area contributed by atoms with Crippen molar-refractivity contribution < 1.29 is 9.90 Å². The van der Waals surface area contributed by atoms with Gasteiger partial charge in [0.05, 0.1) is 16.1 Å². The molecular formula is C21H27ClN2O2. The van der Waals surface area contributed by atoms with Crippen LogP contribution < -0.4 is 5.32 Å². The molecule has 2 bridgehead atoms. The third-order valence-corrected chi connectivity index (χ3v) is 6.84. The molecule has 0 saturated heterocycles. The van der Waals surface area contributed by atoms with E-state index in [9.17, 15) is 4.79 Å². The maximum atomic E-state index is 13.0. The molecule has 1 amide bonds. The Labute approximate surface area is 159 Å². The van der Waals surface area contributed by atoms with Crippen molar-refractivity contribution in [1.82, 2.24) is 9.88 Å². The Morgan fingerprint density at radius 1 is 1.27 bits per heavy atom. The summed E-state index contributed by atoms with van der Waals surface area (Å²) in [4.78, 5) is 13.0. The monoisotopic (exact) mass is 374 g/mol. The minimum Gasteiger partial charge on any atom is -0.396 e. The van der Waals surface area contributed by atoms with Crippen molar-refractivity contribution in [2.45, 2.75) is 51.5 Å². The molecule has 140 valence electrons. The highest BCUT2D eigenvalue weighted by atomic mass is 35.5. The molecule has 1 aromatic heterocycles. The van der Waals surface area contributed by atoms with Gasteiger partial charge in [-0.1, -0.05) is 17.7 Å². The zero-order chi connectivity index (χ0) is 18.1. The number of fused-ring (bicyclic) bond motifs is 4. The summed E-state index contributed by atoms with van der Waals surface area (Å²) < 4.78 is 2.02. The molecule has 0 spiro atoms. The molecule has 0 unspecified atom stereocenters. The minimum atomic E-state index is -0.0343. The molecule has 2 N–H and O–H groups in total. The molecule has 0 radical (unpaired) electrons. The summed E-state index contributed by atoms with van der Waals surface area (Å²) in [6.45, 7) is 1.57. The van der Waals surface area contributed by atoms with Crippen molar-refractivity contribution >= 4 is 28.4 Å². The lowest BCUT2D eigenvalue weighted by atomic mass is 9.61. The first-order chi connectivity index (χ1) is 12.6. The molecule has 5 rings (SSSR count). The number of aromatic nitrogens is 1. The Kier molecular flexibility index (Phi) is 4.98. The maximum absolute atomic E-state index is 13.0. The quantitative estimate of drug-likeness (QED) is 0.788. The zero-order valence-corrected chi connectivity index (χ0v) is 15.9. The van der Waals surface area contributed by atoms with E-state index in [-0.39, 0.29) is 12.5 Å². The number of amides is 1. The topological polar surface area (TPSA) is 54.3 Å². The number of carbonyl (C=O) groups is 1. The number of nitrogens with one attached hydrogen (secondary N) is 1. The summed E-state index contributed by atoms with van der Waals surface area (Å²) in [5, 5.41) is 13.8. The largest absolute Gasteiger partial charge is 0.396 e. The number of halogens is 1. The summed E-state index contributed by atoms with van der Waals surface area (Å²) in [5.74, 6) is 0.892. The van der Waals surface area contributed by atoms with Gasteiger partial charge in [-0.25, -0.2) is 0 Å². The van der Waals surface area contributed by atoms with Gasteiger partial charge in [-0.05, 0) is 68.4 Å². The van der Waals surface area contributed by atoms with Gasteiger partial charge in [0, 0.05) is 31.3 Å². The van der Waals surface area contributed by atoms with Crippen LogP contribution in [-0.4, -0.2) is 28.7 Å². The molecule has 0 atom stereocenters. The molecule has 0 aliphatic heterocycles. The third kappa shape index (κ3) is 3.25. The summed E-state index contributed by atoms with van der Waals surface area (Å²) >= 11 is 6.42. The van der Waals surface area contributed by atoms with E-state index in [2.05, 4.69) is 5.32 Å². The van der Waals surface area contributed by atoms with Gasteiger partial charge < -0.3 is 15.0 Å². The molecule has 2 aromatic rings. The number of aryl methyl sites for hydroxylation is 1. The van der Waals surface area contributed by atoms with Gasteiger partial charge in [0.15, 0.2) is 0 Å². The van der Waals surface area contributed by atoms with Crippen LogP contribution in [0.15, 0.2) is 24.4 Å². The lowest BCUT2D eigenvalue weighted by molar-refractivity contribution is 0.0598. The Bertz CT molecular complexity index is 792. The van der Waals surface area contributed by atoms with E-state index in [0.29, 0.717) is 29.0 Å². The molecule has 4 nitrogen and oxygen atoms in total. The normalized spacial score (nSPS) is 24.9. The van der Waals surface area contributed by atoms with Crippen LogP contribution in [0.25, 0.3) is 10.9 Å². The van der Waals surface area contributed by atoms with E-state index in [1.165, 1.54) is 38.5 Å². The Morgan fingerprint density at radius 3 is 2.69 bits per heavy atom. The second-order valence-electron chi connectivity index (χ2n) is 8.11. The van der Waals surface area contributed by atoms with Gasteiger partial charge in [-0.2, -0.15) is 0 Å². The van der Waals surface area contributed by atoms with Gasteiger partial charge in [0.2, 0.25) is 0 Å². The Morgan fingerprint density at radius 2 is 2.00 bits per heavy atom. The Balaban J connectivity index is 1.56. The molecular weight excluding hydrogens is 348 g/mol. The highest BCUT2D eigenvalue weighted by Crippen LogP contribution is 2.49. The summed E-state index contributed by atoms with van der Waals surface area (Å²) in [7, 11) is 0. The molecule has 3 aliphatic rings. The number of nitrogens with zero attached hydrogens (tertiary/aromatic N) is 1. The van der Waals surface area contributed by atoms with Crippen LogP contribution in [0, 0.1) is 11.3 Å². The van der Waals surface area contributed by atoms with Crippen molar-refractivity contribution in [3.8, 4) is 0 Å². The zero-order valence-electron chi connectivity index (χ0n) is 15.1. The predicted octanol–water partition coefficient (Wildman–Crippen LogP) is 4.38. The van der Waals surface area contributed by atoms with Crippen LogP contribution in [0.1, 0.15) is 55.3 Å². The van der Waals surface area contributed by atoms with E-state index < -0.39 is 0 Å². The first kappa shape index (κ1) is 17.9. The van der Waals surface area contributed by atoms with Gasteiger partial charge in [0.1, 0.15) is 0 Å². The van der Waals surface area contributed by atoms with E-state index in [0.717, 1.165) is 23.4 Å². The van der Waals surface area contributed by atoms with E-state index >= 15 is 0 Å². The molecule has 26 heavy (non-hydrogen) atoms. The fourth-order valence-corrected chi connectivity index (χ4v) is 5.15. The van der Waals surface area contributed by atoms with Crippen molar-refractivity contribution in [3.05, 3.63) is 35.0 Å². The van der Waals surface area contributed by atoms with Crippen LogP contribution >= 0.6 is 11.6 Å². The van der Waals surface area contributed by atoms with E-state index in [1.807, 2.05) is 29.0 Å². The van der Waals surface area contributed by atoms with Gasteiger partial charge in [-0.3, -0.25) is 4.79 Å². The number of aliphatic hydroxyl groups excluding tert-OH is 1. The number of benzene rings is 1. The van der Waals surface area contributed by atoms with Crippen LogP contribution in [0.5, 0.6) is 0 Å². The fourth-order valence-electron chi connectivity index (χ4n) is 4.87. The number of hydrogen-bond acceptors (Lipinski definition) is 2. The average Bonchev–Trinajstić information content (AvgIpc) is 3.06. The van der Waals surface area contributed by atoms with Crippen LogP contribution in [0.4, 0.5) is 0 Å². The molecule has 3 aliphatic carbocycles. The van der Waals surface area contributed by atoms with Gasteiger partial charge >= 0.3 is 0 Å². The molecule has 3 fully saturated rings. The Hall–Kier alpha value is -1.52. The summed E-state index contributed by atoms with van der Waals surface area (Å²) in [6, 6.07) is 5.72. The minimum absolute atomic E-state index is 0.0343. The van der Waals surface area contributed by atoms with E-state index in [1.54, 1.807) is 0 Å². The lowest BCUT2D eigenvalue weighted by Gasteiger charge is -2.46. The fraction of sp³-hybridized carbons (Fsp3) is 0.571. The average molecular weight is 375 g/mol. The van der Waals surface area contributed by atoms with Crippen molar-refractivity contribution in [3.63, 3.8) is 0 Å².